The normalized spacial score (nSPS) is 13.9. The second-order valence-electron chi connectivity index (χ2n) is 8.43. The Morgan fingerprint density at radius 1 is 1.00 bits per heavy atom. The van der Waals surface area contributed by atoms with Crippen molar-refractivity contribution in [3.8, 4) is 11.3 Å². The van der Waals surface area contributed by atoms with E-state index in [0.717, 1.165) is 22.8 Å². The van der Waals surface area contributed by atoms with Gasteiger partial charge in [-0.2, -0.15) is 13.2 Å². The van der Waals surface area contributed by atoms with Crippen LogP contribution in [0.3, 0.4) is 0 Å². The van der Waals surface area contributed by atoms with Crippen LogP contribution in [0.15, 0.2) is 84.5 Å². The highest BCUT2D eigenvalue weighted by Crippen LogP contribution is 2.37. The number of carbonyl (C=O) groups is 1. The molecule has 5 nitrogen and oxygen atoms in total. The Morgan fingerprint density at radius 3 is 2.51 bits per heavy atom. The van der Waals surface area contributed by atoms with Crippen LogP contribution < -0.4 is 5.32 Å². The number of nitrogens with one attached hydrogen (secondary N) is 1. The maximum absolute atomic E-state index is 13.9. The number of benzene rings is 1. The van der Waals surface area contributed by atoms with Crippen LogP contribution in [0.5, 0.6) is 0 Å². The fourth-order valence-corrected chi connectivity index (χ4v) is 3.89. The van der Waals surface area contributed by atoms with Crippen molar-refractivity contribution in [2.75, 3.05) is 5.32 Å². The van der Waals surface area contributed by atoms with E-state index in [9.17, 15) is 18.0 Å². The Morgan fingerprint density at radius 2 is 1.83 bits per heavy atom. The first-order valence-electron chi connectivity index (χ1n) is 11.0. The summed E-state index contributed by atoms with van der Waals surface area (Å²) in [6.45, 7) is 3.84. The Bertz CT molecular complexity index is 1320. The Kier molecular flexibility index (Phi) is 6.91. The zero-order valence-corrected chi connectivity index (χ0v) is 19.2. The first-order chi connectivity index (χ1) is 16.7. The van der Waals surface area contributed by atoms with Crippen LogP contribution in [-0.2, 0) is 17.4 Å². The number of anilines is 1. The molecule has 1 aromatic carbocycles. The van der Waals surface area contributed by atoms with E-state index in [4.69, 9.17) is 0 Å². The van der Waals surface area contributed by atoms with Gasteiger partial charge in [0.25, 0.3) is 0 Å². The van der Waals surface area contributed by atoms with Gasteiger partial charge in [0.1, 0.15) is 5.82 Å². The number of hydrogen-bond donors (Lipinski definition) is 1. The highest BCUT2D eigenvalue weighted by atomic mass is 19.4. The van der Waals surface area contributed by atoms with Gasteiger partial charge in [0, 0.05) is 24.2 Å². The van der Waals surface area contributed by atoms with E-state index in [-0.39, 0.29) is 17.5 Å². The molecule has 1 aliphatic rings. The van der Waals surface area contributed by atoms with E-state index in [1.165, 1.54) is 6.07 Å². The lowest BCUT2D eigenvalue weighted by Crippen LogP contribution is -2.16. The lowest BCUT2D eigenvalue weighted by molar-refractivity contribution is -0.137. The van der Waals surface area contributed by atoms with Gasteiger partial charge in [-0.1, -0.05) is 41.5 Å². The minimum atomic E-state index is -4.56. The highest BCUT2D eigenvalue weighted by Gasteiger charge is 2.34. The average Bonchev–Trinajstić information content (AvgIpc) is 2.99. The molecule has 1 aliphatic carbocycles. The topological polar surface area (TPSA) is 67.8 Å². The van der Waals surface area contributed by atoms with Crippen LogP contribution in [0, 0.1) is 0 Å². The fraction of sp³-hybridized carbons (Fsp3) is 0.185. The number of hydrogen-bond acceptors (Lipinski definition) is 4. The van der Waals surface area contributed by atoms with E-state index in [0.29, 0.717) is 23.5 Å². The SMILES string of the molecule is CC1=CC=C(c2ccc(CC(=O)Nc3ccc(-c4cnccn4)cn3)cc2C(F)(F)F)C=C(C)C1. The molecule has 1 amide bonds. The quantitative estimate of drug-likeness (QED) is 0.462. The lowest BCUT2D eigenvalue weighted by Gasteiger charge is -2.16. The predicted octanol–water partition coefficient (Wildman–Crippen LogP) is 6.42. The number of rotatable bonds is 5. The fourth-order valence-electron chi connectivity index (χ4n) is 3.89. The molecule has 3 aromatic rings. The number of alkyl halides is 3. The van der Waals surface area contributed by atoms with Crippen molar-refractivity contribution >= 4 is 17.3 Å². The van der Waals surface area contributed by atoms with Gasteiger partial charge >= 0.3 is 6.18 Å². The van der Waals surface area contributed by atoms with Gasteiger partial charge in [-0.3, -0.25) is 14.8 Å². The monoisotopic (exact) mass is 476 g/mol. The standard InChI is InChI=1S/C27H23F3N4O/c1-17-3-5-20(12-18(2)11-17)22-7-4-19(13-23(22)27(28,29)30)14-26(35)34-25-8-6-21(15-33-25)24-16-31-9-10-32-24/h3-10,12-13,15-16H,11,14H2,1-2H3,(H,33,34,35). The van der Waals surface area contributed by atoms with E-state index in [1.54, 1.807) is 55.1 Å². The van der Waals surface area contributed by atoms with Gasteiger partial charge in [0.2, 0.25) is 5.91 Å². The minimum absolute atomic E-state index is 0.0909. The molecule has 0 aliphatic heterocycles. The van der Waals surface area contributed by atoms with Crippen molar-refractivity contribution in [2.45, 2.75) is 32.9 Å². The van der Waals surface area contributed by atoms with E-state index >= 15 is 0 Å². The van der Waals surface area contributed by atoms with Crippen LogP contribution in [0.25, 0.3) is 16.8 Å². The average molecular weight is 477 g/mol. The molecule has 35 heavy (non-hydrogen) atoms. The summed E-state index contributed by atoms with van der Waals surface area (Å²) in [5.41, 5.74) is 3.50. The molecular weight excluding hydrogens is 453 g/mol. The summed E-state index contributed by atoms with van der Waals surface area (Å²) in [6.07, 6.45) is 7.52. The van der Waals surface area contributed by atoms with Crippen molar-refractivity contribution < 1.29 is 18.0 Å². The zero-order valence-electron chi connectivity index (χ0n) is 19.2. The van der Waals surface area contributed by atoms with Crippen LogP contribution in [0.1, 0.15) is 37.0 Å². The molecule has 4 rings (SSSR count). The summed E-state index contributed by atoms with van der Waals surface area (Å²) in [4.78, 5) is 24.9. The van der Waals surface area contributed by atoms with Crippen LogP contribution in [0.4, 0.5) is 19.0 Å². The van der Waals surface area contributed by atoms with Gasteiger partial charge in [0.05, 0.1) is 23.9 Å². The van der Waals surface area contributed by atoms with Crippen molar-refractivity contribution in [3.63, 3.8) is 0 Å². The zero-order chi connectivity index (χ0) is 25.0. The summed E-state index contributed by atoms with van der Waals surface area (Å²) >= 11 is 0. The van der Waals surface area contributed by atoms with Crippen LogP contribution in [-0.4, -0.2) is 20.9 Å². The molecule has 0 fully saturated rings. The number of pyridine rings is 1. The van der Waals surface area contributed by atoms with E-state index in [2.05, 4.69) is 20.3 Å². The van der Waals surface area contributed by atoms with Gasteiger partial charge < -0.3 is 5.32 Å². The molecule has 0 saturated heterocycles. The third kappa shape index (κ3) is 6.09. The lowest BCUT2D eigenvalue weighted by atomic mass is 9.94. The first-order valence-corrected chi connectivity index (χ1v) is 11.0. The molecule has 0 bridgehead atoms. The second kappa shape index (κ2) is 10.0. The summed E-state index contributed by atoms with van der Waals surface area (Å²) in [5.74, 6) is -0.171. The Labute approximate surface area is 201 Å². The molecule has 2 aromatic heterocycles. The first kappa shape index (κ1) is 24.1. The van der Waals surface area contributed by atoms with E-state index < -0.39 is 17.6 Å². The van der Waals surface area contributed by atoms with Crippen molar-refractivity contribution in [1.29, 1.82) is 0 Å². The second-order valence-corrected chi connectivity index (χ2v) is 8.43. The van der Waals surface area contributed by atoms with Crippen molar-refractivity contribution in [2.24, 2.45) is 0 Å². The van der Waals surface area contributed by atoms with E-state index in [1.807, 2.05) is 19.9 Å². The molecule has 0 unspecified atom stereocenters. The molecule has 8 heteroatoms. The number of aromatic nitrogens is 3. The molecule has 0 radical (unpaired) electrons. The summed E-state index contributed by atoms with van der Waals surface area (Å²) in [6, 6.07) is 7.37. The largest absolute Gasteiger partial charge is 0.417 e. The summed E-state index contributed by atoms with van der Waals surface area (Å²) in [5, 5.41) is 2.63. The maximum Gasteiger partial charge on any atom is 0.417 e. The third-order valence-corrected chi connectivity index (χ3v) is 5.46. The molecule has 1 N–H and O–H groups in total. The van der Waals surface area contributed by atoms with Gasteiger partial charge in [-0.05, 0) is 55.2 Å². The van der Waals surface area contributed by atoms with Gasteiger partial charge in [0.15, 0.2) is 0 Å². The summed E-state index contributed by atoms with van der Waals surface area (Å²) in [7, 11) is 0. The Hall–Kier alpha value is -4.07. The number of allylic oxidation sites excluding steroid dienone is 6. The smallest absolute Gasteiger partial charge is 0.310 e. The molecule has 178 valence electrons. The Balaban J connectivity index is 1.52. The number of halogens is 3. The maximum atomic E-state index is 13.9. The van der Waals surface area contributed by atoms with Gasteiger partial charge in [-0.25, -0.2) is 4.98 Å². The molecule has 0 saturated carbocycles. The number of nitrogens with zero attached hydrogens (tertiary/aromatic N) is 3. The predicted molar refractivity (Wildman–Crippen MR) is 129 cm³/mol. The van der Waals surface area contributed by atoms with Crippen LogP contribution >= 0.6 is 0 Å². The highest BCUT2D eigenvalue weighted by molar-refractivity contribution is 5.91. The summed E-state index contributed by atoms with van der Waals surface area (Å²) < 4.78 is 41.8. The number of amides is 1. The van der Waals surface area contributed by atoms with Crippen molar-refractivity contribution in [1.82, 2.24) is 15.0 Å². The third-order valence-electron chi connectivity index (χ3n) is 5.46. The molecule has 0 spiro atoms. The minimum Gasteiger partial charge on any atom is -0.310 e. The molecular formula is C27H23F3N4O. The van der Waals surface area contributed by atoms with Crippen molar-refractivity contribution in [3.05, 3.63) is 101 Å². The van der Waals surface area contributed by atoms with Gasteiger partial charge in [-0.15, -0.1) is 0 Å². The number of carbonyl (C=O) groups excluding carboxylic acids is 1. The molecule has 0 atom stereocenters. The van der Waals surface area contributed by atoms with Crippen LogP contribution in [0.2, 0.25) is 0 Å². The molecule has 2 heterocycles.